The number of carbonyl (C=O) groups is 1. The van der Waals surface area contributed by atoms with Crippen LogP contribution in [0.3, 0.4) is 0 Å². The first-order valence-electron chi connectivity index (χ1n) is 7.57. The molecule has 25 heavy (non-hydrogen) atoms. The van der Waals surface area contributed by atoms with Gasteiger partial charge in [0.1, 0.15) is 5.92 Å². The number of aliphatic hydroxyl groups is 1. The minimum absolute atomic E-state index is 0.0384. The van der Waals surface area contributed by atoms with Crippen molar-refractivity contribution in [2.45, 2.75) is 24.6 Å². The van der Waals surface area contributed by atoms with Crippen LogP contribution in [0.4, 0.5) is 13.2 Å². The Labute approximate surface area is 141 Å². The van der Waals surface area contributed by atoms with Crippen LogP contribution in [0.5, 0.6) is 0 Å². The minimum Gasteiger partial charge on any atom is -0.481 e. The fraction of sp³-hybridized carbons (Fsp3) is 0.211. The van der Waals surface area contributed by atoms with Gasteiger partial charge < -0.3 is 10.2 Å². The van der Waals surface area contributed by atoms with E-state index >= 15 is 0 Å². The molecule has 2 N–H and O–H groups in total. The number of fused-ring (bicyclic) bond motifs is 2. The second kappa shape index (κ2) is 5.74. The van der Waals surface area contributed by atoms with Gasteiger partial charge in [0.15, 0.2) is 5.60 Å². The zero-order valence-electron chi connectivity index (χ0n) is 13.2. The van der Waals surface area contributed by atoms with Crippen molar-refractivity contribution in [1.82, 2.24) is 0 Å². The summed E-state index contributed by atoms with van der Waals surface area (Å²) in [6.45, 7) is 0.502. The van der Waals surface area contributed by atoms with E-state index in [0.717, 1.165) is 0 Å². The number of rotatable bonds is 3. The minimum atomic E-state index is -5.10. The zero-order valence-corrected chi connectivity index (χ0v) is 13.2. The molecule has 3 rings (SSSR count). The van der Waals surface area contributed by atoms with Crippen LogP contribution in [-0.4, -0.2) is 28.0 Å². The van der Waals surface area contributed by atoms with Gasteiger partial charge >= 0.3 is 12.1 Å². The number of hydrogen-bond donors (Lipinski definition) is 2. The molecule has 0 aliphatic carbocycles. The van der Waals surface area contributed by atoms with Crippen LogP contribution in [0, 0.1) is 0 Å². The van der Waals surface area contributed by atoms with Crippen molar-refractivity contribution < 1.29 is 28.2 Å². The van der Waals surface area contributed by atoms with Gasteiger partial charge in [0.2, 0.25) is 0 Å². The summed E-state index contributed by atoms with van der Waals surface area (Å²) in [5.41, 5.74) is -3.46. The van der Waals surface area contributed by atoms with E-state index in [1.54, 1.807) is 54.6 Å². The summed E-state index contributed by atoms with van der Waals surface area (Å²) in [5.74, 6) is -3.90. The molecule has 0 amide bonds. The van der Waals surface area contributed by atoms with Crippen LogP contribution in [0.1, 0.15) is 18.4 Å². The Morgan fingerprint density at radius 1 is 0.960 bits per heavy atom. The van der Waals surface area contributed by atoms with Crippen LogP contribution < -0.4 is 0 Å². The molecule has 3 nitrogen and oxygen atoms in total. The predicted octanol–water partition coefficient (Wildman–Crippen LogP) is 4.47. The van der Waals surface area contributed by atoms with Crippen molar-refractivity contribution in [3.05, 3.63) is 60.2 Å². The molecule has 0 bridgehead atoms. The Kier molecular flexibility index (Phi) is 3.95. The third-order valence-electron chi connectivity index (χ3n) is 4.48. The second-order valence-corrected chi connectivity index (χ2v) is 6.15. The number of aliphatic carboxylic acids is 1. The van der Waals surface area contributed by atoms with Gasteiger partial charge in [-0.15, -0.1) is 0 Å². The van der Waals surface area contributed by atoms with Crippen molar-refractivity contribution in [3.63, 3.8) is 0 Å². The maximum atomic E-state index is 13.4. The largest absolute Gasteiger partial charge is 0.481 e. The Bertz CT molecular complexity index is 907. The topological polar surface area (TPSA) is 57.5 Å². The highest BCUT2D eigenvalue weighted by atomic mass is 19.4. The van der Waals surface area contributed by atoms with Gasteiger partial charge in [-0.2, -0.15) is 13.2 Å². The highest BCUT2D eigenvalue weighted by Crippen LogP contribution is 2.45. The Balaban J connectivity index is 2.47. The van der Waals surface area contributed by atoms with E-state index in [0.29, 0.717) is 28.5 Å². The molecule has 0 aromatic heterocycles. The van der Waals surface area contributed by atoms with Crippen molar-refractivity contribution in [3.8, 4) is 0 Å². The maximum absolute atomic E-state index is 13.4. The van der Waals surface area contributed by atoms with Gasteiger partial charge in [-0.25, -0.2) is 0 Å². The van der Waals surface area contributed by atoms with Gasteiger partial charge in [-0.3, -0.25) is 4.79 Å². The highest BCUT2D eigenvalue weighted by Gasteiger charge is 2.58. The fourth-order valence-electron chi connectivity index (χ4n) is 3.17. The Morgan fingerprint density at radius 2 is 1.40 bits per heavy atom. The summed E-state index contributed by atoms with van der Waals surface area (Å²) in [6, 6.07) is 15.0. The fourth-order valence-corrected chi connectivity index (χ4v) is 3.17. The normalized spacial score (nSPS) is 15.9. The standard InChI is InChI=1S/C19H15F3O3/c1-18(25,19(20,21)22)16(17(23)24)15-13-8-4-2-6-11(13)10-12-7-3-5-9-14(12)15/h2-10,16,25H,1H3,(H,23,24). The number of hydrogen-bond acceptors (Lipinski definition) is 2. The molecule has 0 spiro atoms. The monoisotopic (exact) mass is 348 g/mol. The first kappa shape index (κ1) is 17.2. The molecule has 0 fully saturated rings. The number of halogens is 3. The van der Waals surface area contributed by atoms with Crippen LogP contribution in [0.2, 0.25) is 0 Å². The second-order valence-electron chi connectivity index (χ2n) is 6.15. The van der Waals surface area contributed by atoms with Crippen molar-refractivity contribution in [2.75, 3.05) is 0 Å². The highest BCUT2D eigenvalue weighted by molar-refractivity contribution is 6.05. The lowest BCUT2D eigenvalue weighted by molar-refractivity contribution is -0.261. The summed E-state index contributed by atoms with van der Waals surface area (Å²) < 4.78 is 40.2. The third kappa shape index (κ3) is 2.72. The van der Waals surface area contributed by atoms with Crippen LogP contribution in [0.15, 0.2) is 54.6 Å². The van der Waals surface area contributed by atoms with E-state index in [-0.39, 0.29) is 5.56 Å². The molecular formula is C19H15F3O3. The molecule has 0 heterocycles. The first-order valence-corrected chi connectivity index (χ1v) is 7.57. The molecule has 2 atom stereocenters. The molecule has 6 heteroatoms. The lowest BCUT2D eigenvalue weighted by atomic mass is 9.78. The van der Waals surface area contributed by atoms with Gasteiger partial charge in [0.25, 0.3) is 0 Å². The zero-order chi connectivity index (χ0) is 18.4. The van der Waals surface area contributed by atoms with Crippen molar-refractivity contribution >= 4 is 27.5 Å². The molecule has 0 saturated heterocycles. The number of alkyl halides is 3. The molecule has 0 aliphatic rings. The lowest BCUT2D eigenvalue weighted by Crippen LogP contribution is -2.50. The summed E-state index contributed by atoms with van der Waals surface area (Å²) in [7, 11) is 0. The molecule has 3 aromatic rings. The number of carboxylic acids is 1. The van der Waals surface area contributed by atoms with Crippen LogP contribution >= 0.6 is 0 Å². The molecule has 2 unspecified atom stereocenters. The van der Waals surface area contributed by atoms with E-state index in [1.165, 1.54) is 0 Å². The summed E-state index contributed by atoms with van der Waals surface area (Å²) in [4.78, 5) is 11.8. The quantitative estimate of drug-likeness (QED) is 0.687. The van der Waals surface area contributed by atoms with Crippen molar-refractivity contribution in [2.24, 2.45) is 0 Å². The number of carboxylic acid groups (broad SMARTS) is 1. The predicted molar refractivity (Wildman–Crippen MR) is 88.5 cm³/mol. The Morgan fingerprint density at radius 3 is 1.80 bits per heavy atom. The van der Waals surface area contributed by atoms with E-state index in [1.807, 2.05) is 0 Å². The summed E-state index contributed by atoms with van der Waals surface area (Å²) in [6.07, 6.45) is -5.10. The molecule has 130 valence electrons. The third-order valence-corrected chi connectivity index (χ3v) is 4.48. The SMILES string of the molecule is CC(O)(C(C(=O)O)c1c2ccccc2cc2ccccc12)C(F)(F)F. The van der Waals surface area contributed by atoms with Gasteiger partial charge in [0, 0.05) is 0 Å². The average molecular weight is 348 g/mol. The number of benzene rings is 3. The van der Waals surface area contributed by atoms with Gasteiger partial charge in [-0.05, 0) is 40.1 Å². The van der Waals surface area contributed by atoms with Crippen molar-refractivity contribution in [1.29, 1.82) is 0 Å². The molecule has 0 radical (unpaired) electrons. The maximum Gasteiger partial charge on any atom is 0.418 e. The van der Waals surface area contributed by atoms with Crippen LogP contribution in [-0.2, 0) is 4.79 Å². The summed E-state index contributed by atoms with van der Waals surface area (Å²) >= 11 is 0. The molecule has 0 aliphatic heterocycles. The molecule has 3 aromatic carbocycles. The lowest BCUT2D eigenvalue weighted by Gasteiger charge is -2.33. The van der Waals surface area contributed by atoms with Gasteiger partial charge in [0.05, 0.1) is 0 Å². The average Bonchev–Trinajstić information content (AvgIpc) is 2.53. The van der Waals surface area contributed by atoms with Gasteiger partial charge in [-0.1, -0.05) is 48.5 Å². The van der Waals surface area contributed by atoms with Crippen LogP contribution in [0.25, 0.3) is 21.5 Å². The van der Waals surface area contributed by atoms with E-state index < -0.39 is 23.7 Å². The first-order chi connectivity index (χ1) is 11.6. The smallest absolute Gasteiger partial charge is 0.418 e. The summed E-state index contributed by atoms with van der Waals surface area (Å²) in [5, 5.41) is 21.7. The molecule has 0 saturated carbocycles. The molecular weight excluding hydrogens is 333 g/mol. The van der Waals surface area contributed by atoms with E-state index in [2.05, 4.69) is 0 Å². The van der Waals surface area contributed by atoms with E-state index in [4.69, 9.17) is 0 Å². The Hall–Kier alpha value is -2.60. The van der Waals surface area contributed by atoms with E-state index in [9.17, 15) is 28.2 Å².